The molecule has 90 valence electrons. The average Bonchev–Trinajstić information content (AvgIpc) is 2.23. The summed E-state index contributed by atoms with van der Waals surface area (Å²) in [6, 6.07) is 4.10. The predicted octanol–water partition coefficient (Wildman–Crippen LogP) is 2.49. The van der Waals surface area contributed by atoms with Gasteiger partial charge in [-0.3, -0.25) is 0 Å². The Balaban J connectivity index is 2.61. The van der Waals surface area contributed by atoms with Crippen molar-refractivity contribution in [3.05, 3.63) is 27.7 Å². The zero-order valence-corrected chi connectivity index (χ0v) is 11.5. The number of hydrogen-bond acceptors (Lipinski definition) is 3. The molecular weight excluding hydrogens is 270 g/mol. The van der Waals surface area contributed by atoms with Crippen molar-refractivity contribution in [1.29, 1.82) is 0 Å². The third kappa shape index (κ3) is 3.77. The minimum Gasteiger partial charge on any atom is -0.389 e. The quantitative estimate of drug-likeness (QED) is 0.874. The molecule has 3 nitrogen and oxygen atoms in total. The molecule has 0 aliphatic rings. The number of nitrogens with one attached hydrogen (secondary N) is 1. The first-order valence-electron chi connectivity index (χ1n) is 5.22. The highest BCUT2D eigenvalue weighted by atomic mass is 79.9. The average molecular weight is 288 g/mol. The lowest BCUT2D eigenvalue weighted by Gasteiger charge is -2.13. The zero-order valence-electron chi connectivity index (χ0n) is 9.88. The van der Waals surface area contributed by atoms with E-state index in [4.69, 9.17) is 4.74 Å². The van der Waals surface area contributed by atoms with Gasteiger partial charge in [-0.2, -0.15) is 0 Å². The molecule has 4 heteroatoms. The molecule has 0 aliphatic heterocycles. The third-order valence-electron chi connectivity index (χ3n) is 2.34. The second-order valence-corrected chi connectivity index (χ2v) is 4.71. The van der Waals surface area contributed by atoms with E-state index in [0.717, 1.165) is 10.2 Å². The van der Waals surface area contributed by atoms with Crippen molar-refractivity contribution >= 4 is 21.6 Å². The molecule has 1 atom stereocenters. The zero-order chi connectivity index (χ0) is 12.1. The molecule has 0 fully saturated rings. The SMILES string of the molecule is COCC(O)CNc1cc(C)c(Br)c(C)c1. The molecule has 16 heavy (non-hydrogen) atoms. The fraction of sp³-hybridized carbons (Fsp3) is 0.500. The summed E-state index contributed by atoms with van der Waals surface area (Å²) in [7, 11) is 1.58. The van der Waals surface area contributed by atoms with E-state index < -0.39 is 6.10 Å². The van der Waals surface area contributed by atoms with Crippen LogP contribution in [0.15, 0.2) is 16.6 Å². The predicted molar refractivity (Wildman–Crippen MR) is 70.0 cm³/mol. The van der Waals surface area contributed by atoms with Gasteiger partial charge in [0.15, 0.2) is 0 Å². The maximum absolute atomic E-state index is 9.51. The standard InChI is InChI=1S/C12H18BrNO2/c1-8-4-10(5-9(2)12(8)13)14-6-11(15)7-16-3/h4-5,11,14-15H,6-7H2,1-3H3. The Morgan fingerprint density at radius 2 is 1.94 bits per heavy atom. The number of aliphatic hydroxyl groups excluding tert-OH is 1. The minimum atomic E-state index is -0.478. The van der Waals surface area contributed by atoms with E-state index in [1.165, 1.54) is 11.1 Å². The molecule has 0 saturated heterocycles. The van der Waals surface area contributed by atoms with Crippen LogP contribution in [0.2, 0.25) is 0 Å². The Morgan fingerprint density at radius 3 is 2.44 bits per heavy atom. The molecule has 0 saturated carbocycles. The lowest BCUT2D eigenvalue weighted by atomic mass is 10.1. The molecule has 0 radical (unpaired) electrons. The fourth-order valence-electron chi connectivity index (χ4n) is 1.53. The number of methoxy groups -OCH3 is 1. The van der Waals surface area contributed by atoms with Crippen molar-refractivity contribution in [3.63, 3.8) is 0 Å². The second kappa shape index (κ2) is 6.23. The summed E-state index contributed by atoms with van der Waals surface area (Å²) in [6.45, 7) is 4.94. The number of hydrogen-bond donors (Lipinski definition) is 2. The van der Waals surface area contributed by atoms with Crippen LogP contribution in [0, 0.1) is 13.8 Å². The number of halogens is 1. The van der Waals surface area contributed by atoms with Gasteiger partial charge in [0.05, 0.1) is 12.7 Å². The van der Waals surface area contributed by atoms with Gasteiger partial charge in [-0.15, -0.1) is 0 Å². The highest BCUT2D eigenvalue weighted by Crippen LogP contribution is 2.24. The number of rotatable bonds is 5. The highest BCUT2D eigenvalue weighted by molar-refractivity contribution is 9.10. The number of aliphatic hydroxyl groups is 1. The lowest BCUT2D eigenvalue weighted by molar-refractivity contribution is 0.0727. The van der Waals surface area contributed by atoms with E-state index in [2.05, 4.69) is 33.4 Å². The first kappa shape index (κ1) is 13.5. The van der Waals surface area contributed by atoms with Gasteiger partial charge in [-0.25, -0.2) is 0 Å². The molecule has 2 N–H and O–H groups in total. The van der Waals surface area contributed by atoms with Crippen molar-refractivity contribution in [2.45, 2.75) is 20.0 Å². The summed E-state index contributed by atoms with van der Waals surface area (Å²) < 4.78 is 6.00. The van der Waals surface area contributed by atoms with Gasteiger partial charge >= 0.3 is 0 Å². The molecule has 0 amide bonds. The van der Waals surface area contributed by atoms with Crippen molar-refractivity contribution in [2.24, 2.45) is 0 Å². The van der Waals surface area contributed by atoms with Gasteiger partial charge in [0.25, 0.3) is 0 Å². The fourth-order valence-corrected chi connectivity index (χ4v) is 1.76. The van der Waals surface area contributed by atoms with Crippen LogP contribution in [0.25, 0.3) is 0 Å². The first-order valence-corrected chi connectivity index (χ1v) is 6.01. The summed E-state index contributed by atoms with van der Waals surface area (Å²) in [5.41, 5.74) is 3.39. The van der Waals surface area contributed by atoms with Gasteiger partial charge < -0.3 is 15.2 Å². The van der Waals surface area contributed by atoms with E-state index >= 15 is 0 Å². The molecule has 1 aromatic carbocycles. The van der Waals surface area contributed by atoms with E-state index in [1.54, 1.807) is 7.11 Å². The Morgan fingerprint density at radius 1 is 1.38 bits per heavy atom. The molecule has 0 spiro atoms. The summed E-state index contributed by atoms with van der Waals surface area (Å²) in [6.07, 6.45) is -0.478. The van der Waals surface area contributed by atoms with Gasteiger partial charge in [-0.05, 0) is 37.1 Å². The van der Waals surface area contributed by atoms with Crippen molar-refractivity contribution in [3.8, 4) is 0 Å². The van der Waals surface area contributed by atoms with Gasteiger partial charge in [-0.1, -0.05) is 15.9 Å². The van der Waals surface area contributed by atoms with Crippen molar-refractivity contribution in [2.75, 3.05) is 25.6 Å². The molecular formula is C12H18BrNO2. The Hall–Kier alpha value is -0.580. The van der Waals surface area contributed by atoms with Gasteiger partial charge in [0.2, 0.25) is 0 Å². The molecule has 0 heterocycles. The molecule has 1 aromatic rings. The van der Waals surface area contributed by atoms with Crippen LogP contribution in [0.5, 0.6) is 0 Å². The van der Waals surface area contributed by atoms with Crippen molar-refractivity contribution in [1.82, 2.24) is 0 Å². The summed E-state index contributed by atoms with van der Waals surface area (Å²) in [5, 5.41) is 12.7. The van der Waals surface area contributed by atoms with Crippen LogP contribution in [0.1, 0.15) is 11.1 Å². The monoisotopic (exact) mass is 287 g/mol. The van der Waals surface area contributed by atoms with E-state index in [1.807, 2.05) is 13.8 Å². The molecule has 1 rings (SSSR count). The summed E-state index contributed by atoms with van der Waals surface area (Å²) in [5.74, 6) is 0. The Bertz CT molecular complexity index is 332. The third-order valence-corrected chi connectivity index (χ3v) is 3.59. The lowest BCUT2D eigenvalue weighted by Crippen LogP contribution is -2.24. The van der Waals surface area contributed by atoms with Crippen LogP contribution in [0.3, 0.4) is 0 Å². The van der Waals surface area contributed by atoms with E-state index in [0.29, 0.717) is 13.2 Å². The largest absolute Gasteiger partial charge is 0.389 e. The highest BCUT2D eigenvalue weighted by Gasteiger charge is 2.05. The molecule has 1 unspecified atom stereocenters. The van der Waals surface area contributed by atoms with Gasteiger partial charge in [0, 0.05) is 23.8 Å². The maximum Gasteiger partial charge on any atom is 0.0945 e. The molecule has 0 bridgehead atoms. The Kier molecular flexibility index (Phi) is 5.25. The van der Waals surface area contributed by atoms with Crippen LogP contribution in [0.4, 0.5) is 5.69 Å². The normalized spacial score (nSPS) is 12.6. The number of aryl methyl sites for hydroxylation is 2. The molecule has 0 aromatic heterocycles. The topological polar surface area (TPSA) is 41.5 Å². The van der Waals surface area contributed by atoms with Crippen molar-refractivity contribution < 1.29 is 9.84 Å². The van der Waals surface area contributed by atoms with E-state index in [-0.39, 0.29) is 0 Å². The number of anilines is 1. The summed E-state index contributed by atoms with van der Waals surface area (Å²) >= 11 is 3.52. The number of ether oxygens (including phenoxy) is 1. The second-order valence-electron chi connectivity index (χ2n) is 3.91. The number of benzene rings is 1. The minimum absolute atomic E-state index is 0.349. The smallest absolute Gasteiger partial charge is 0.0945 e. The van der Waals surface area contributed by atoms with Crippen LogP contribution in [-0.2, 0) is 4.74 Å². The molecule has 0 aliphatic carbocycles. The van der Waals surface area contributed by atoms with E-state index in [9.17, 15) is 5.11 Å². The first-order chi connectivity index (χ1) is 7.54. The van der Waals surface area contributed by atoms with Crippen LogP contribution < -0.4 is 5.32 Å². The van der Waals surface area contributed by atoms with Gasteiger partial charge in [0.1, 0.15) is 0 Å². The van der Waals surface area contributed by atoms with Crippen LogP contribution in [-0.4, -0.2) is 31.5 Å². The summed E-state index contributed by atoms with van der Waals surface area (Å²) in [4.78, 5) is 0. The Labute approximate surface area is 105 Å². The van der Waals surface area contributed by atoms with Crippen LogP contribution >= 0.6 is 15.9 Å². The maximum atomic E-state index is 9.51.